The molecule has 94 valence electrons. The molecule has 4 nitrogen and oxygen atoms in total. The summed E-state index contributed by atoms with van der Waals surface area (Å²) in [4.78, 5) is 10.9. The number of hydrogen-bond donors (Lipinski definition) is 1. The minimum atomic E-state index is -4.04. The zero-order valence-electron chi connectivity index (χ0n) is 8.63. The van der Waals surface area contributed by atoms with E-state index in [4.69, 9.17) is 33.9 Å². The molecule has 0 aliphatic rings. The summed E-state index contributed by atoms with van der Waals surface area (Å²) in [6.07, 6.45) is 0.181. The smallest absolute Gasteiger partial charge is 0.263 e. The maximum Gasteiger partial charge on any atom is 0.263 e. The Kier molecular flexibility index (Phi) is 4.66. The number of carbonyl (C=O) groups excluding carboxylic acids is 1. The second-order valence-electron chi connectivity index (χ2n) is 3.10. The Balaban J connectivity index is 3.41. The van der Waals surface area contributed by atoms with Crippen LogP contribution in [-0.2, 0) is 13.8 Å². The lowest BCUT2D eigenvalue weighted by atomic mass is 10.3. The first-order valence-electron chi connectivity index (χ1n) is 4.49. The highest BCUT2D eigenvalue weighted by Crippen LogP contribution is 2.35. The first-order valence-corrected chi connectivity index (χ1v) is 7.55. The van der Waals surface area contributed by atoms with E-state index in [1.807, 2.05) is 0 Å². The van der Waals surface area contributed by atoms with Crippen LogP contribution in [0.15, 0.2) is 17.0 Å². The van der Waals surface area contributed by atoms with Crippen LogP contribution in [0.4, 0.5) is 5.69 Å². The minimum Gasteiger partial charge on any atom is -0.324 e. The summed E-state index contributed by atoms with van der Waals surface area (Å²) in [6.45, 7) is 1.62. The molecule has 0 aromatic heterocycles. The second-order valence-corrected chi connectivity index (χ2v) is 6.48. The largest absolute Gasteiger partial charge is 0.324 e. The number of rotatable bonds is 3. The standard InChI is InChI=1S/C9H8Cl3NO3S/c1-2-8(14)13-9-6(11)3-5(10)4-7(9)17(12,15)16/h3-4H,2H2,1H3,(H,13,14). The van der Waals surface area contributed by atoms with Gasteiger partial charge in [-0.15, -0.1) is 0 Å². The molecule has 1 aromatic rings. The van der Waals surface area contributed by atoms with Gasteiger partial charge in [0.05, 0.1) is 10.7 Å². The molecule has 0 heterocycles. The molecule has 0 saturated heterocycles. The van der Waals surface area contributed by atoms with Crippen molar-refractivity contribution < 1.29 is 13.2 Å². The molecule has 0 aliphatic heterocycles. The average Bonchev–Trinajstić information content (AvgIpc) is 2.19. The van der Waals surface area contributed by atoms with Crippen LogP contribution < -0.4 is 5.32 Å². The number of carbonyl (C=O) groups is 1. The van der Waals surface area contributed by atoms with E-state index in [0.29, 0.717) is 0 Å². The van der Waals surface area contributed by atoms with Crippen molar-refractivity contribution in [2.75, 3.05) is 5.32 Å². The lowest BCUT2D eigenvalue weighted by molar-refractivity contribution is -0.115. The van der Waals surface area contributed by atoms with Gasteiger partial charge in [0.15, 0.2) is 0 Å². The predicted octanol–water partition coefficient (Wildman–Crippen LogP) is 3.27. The van der Waals surface area contributed by atoms with Crippen LogP contribution in [0, 0.1) is 0 Å². The highest BCUT2D eigenvalue weighted by Gasteiger charge is 2.20. The van der Waals surface area contributed by atoms with E-state index in [2.05, 4.69) is 5.32 Å². The van der Waals surface area contributed by atoms with Crippen molar-refractivity contribution in [3.63, 3.8) is 0 Å². The highest BCUT2D eigenvalue weighted by molar-refractivity contribution is 8.13. The van der Waals surface area contributed by atoms with Crippen molar-refractivity contribution in [1.29, 1.82) is 0 Å². The van der Waals surface area contributed by atoms with E-state index >= 15 is 0 Å². The van der Waals surface area contributed by atoms with Gasteiger partial charge < -0.3 is 5.32 Å². The van der Waals surface area contributed by atoms with Crippen LogP contribution in [-0.4, -0.2) is 14.3 Å². The quantitative estimate of drug-likeness (QED) is 0.871. The number of nitrogens with one attached hydrogen (secondary N) is 1. The normalized spacial score (nSPS) is 11.3. The monoisotopic (exact) mass is 315 g/mol. The van der Waals surface area contributed by atoms with Gasteiger partial charge in [-0.25, -0.2) is 8.42 Å². The molecular weight excluding hydrogens is 309 g/mol. The third kappa shape index (κ3) is 3.74. The maximum absolute atomic E-state index is 11.3. The molecule has 1 N–H and O–H groups in total. The van der Waals surface area contributed by atoms with Crippen molar-refractivity contribution >= 4 is 54.5 Å². The fourth-order valence-electron chi connectivity index (χ4n) is 1.09. The third-order valence-electron chi connectivity index (χ3n) is 1.87. The van der Waals surface area contributed by atoms with E-state index in [0.717, 1.165) is 6.07 Å². The maximum atomic E-state index is 11.3. The summed E-state index contributed by atoms with van der Waals surface area (Å²) in [5, 5.41) is 2.50. The Labute approximate surface area is 113 Å². The van der Waals surface area contributed by atoms with Crippen LogP contribution in [0.2, 0.25) is 10.0 Å². The van der Waals surface area contributed by atoms with Crippen LogP contribution >= 0.6 is 33.9 Å². The van der Waals surface area contributed by atoms with Crippen molar-refractivity contribution in [3.8, 4) is 0 Å². The van der Waals surface area contributed by atoms with Gasteiger partial charge in [0, 0.05) is 22.1 Å². The molecule has 0 aliphatic carbocycles. The second kappa shape index (κ2) is 5.44. The van der Waals surface area contributed by atoms with Gasteiger partial charge in [-0.1, -0.05) is 30.1 Å². The Morgan fingerprint density at radius 1 is 1.35 bits per heavy atom. The zero-order chi connectivity index (χ0) is 13.2. The fourth-order valence-corrected chi connectivity index (χ4v) is 2.79. The number of anilines is 1. The van der Waals surface area contributed by atoms with Gasteiger partial charge in [-0.3, -0.25) is 4.79 Å². The summed E-state index contributed by atoms with van der Waals surface area (Å²) in [7, 11) is 1.19. The summed E-state index contributed by atoms with van der Waals surface area (Å²) < 4.78 is 22.6. The first-order chi connectivity index (χ1) is 7.75. The lowest BCUT2D eigenvalue weighted by Crippen LogP contribution is -2.12. The summed E-state index contributed by atoms with van der Waals surface area (Å²) in [6, 6.07) is 2.45. The molecule has 1 amide bonds. The molecular formula is C9H8Cl3NO3S. The van der Waals surface area contributed by atoms with Crippen LogP contribution in [0.3, 0.4) is 0 Å². The summed E-state index contributed by atoms with van der Waals surface area (Å²) >= 11 is 11.5. The molecule has 0 atom stereocenters. The molecule has 0 saturated carbocycles. The summed E-state index contributed by atoms with van der Waals surface area (Å²) in [5.41, 5.74) is -0.0575. The molecule has 0 fully saturated rings. The van der Waals surface area contributed by atoms with Crippen molar-refractivity contribution in [1.82, 2.24) is 0 Å². The van der Waals surface area contributed by atoms with Crippen LogP contribution in [0.25, 0.3) is 0 Å². The topological polar surface area (TPSA) is 63.2 Å². The van der Waals surface area contributed by atoms with Crippen LogP contribution in [0.1, 0.15) is 13.3 Å². The first kappa shape index (κ1) is 14.6. The SMILES string of the molecule is CCC(=O)Nc1c(Cl)cc(Cl)cc1S(=O)(=O)Cl. The number of amides is 1. The molecule has 0 bridgehead atoms. The average molecular weight is 317 g/mol. The van der Waals surface area contributed by atoms with E-state index in [9.17, 15) is 13.2 Å². The van der Waals surface area contributed by atoms with Gasteiger partial charge in [0.2, 0.25) is 5.91 Å². The van der Waals surface area contributed by atoms with Gasteiger partial charge in [-0.05, 0) is 12.1 Å². The third-order valence-corrected chi connectivity index (χ3v) is 3.73. The molecule has 8 heteroatoms. The Hall–Kier alpha value is -0.490. The van der Waals surface area contributed by atoms with Gasteiger partial charge in [0.25, 0.3) is 9.05 Å². The fraction of sp³-hybridized carbons (Fsp3) is 0.222. The van der Waals surface area contributed by atoms with Crippen LogP contribution in [0.5, 0.6) is 0 Å². The Morgan fingerprint density at radius 2 is 1.94 bits per heavy atom. The van der Waals surface area contributed by atoms with E-state index in [1.54, 1.807) is 6.92 Å². The van der Waals surface area contributed by atoms with Gasteiger partial charge >= 0.3 is 0 Å². The van der Waals surface area contributed by atoms with E-state index < -0.39 is 9.05 Å². The molecule has 1 rings (SSSR count). The van der Waals surface area contributed by atoms with E-state index in [1.165, 1.54) is 6.07 Å². The van der Waals surface area contributed by atoms with Gasteiger partial charge in [-0.2, -0.15) is 0 Å². The molecule has 0 spiro atoms. The zero-order valence-corrected chi connectivity index (χ0v) is 11.7. The molecule has 1 aromatic carbocycles. The van der Waals surface area contributed by atoms with Crippen molar-refractivity contribution in [2.45, 2.75) is 18.2 Å². The Morgan fingerprint density at radius 3 is 2.41 bits per heavy atom. The highest BCUT2D eigenvalue weighted by atomic mass is 35.7. The summed E-state index contributed by atoms with van der Waals surface area (Å²) in [5.74, 6) is -0.379. The number of halogens is 3. The Bertz CT molecular complexity index is 557. The number of hydrogen-bond acceptors (Lipinski definition) is 3. The van der Waals surface area contributed by atoms with Crippen molar-refractivity contribution in [3.05, 3.63) is 22.2 Å². The minimum absolute atomic E-state index is 0.0125. The molecule has 0 radical (unpaired) electrons. The van der Waals surface area contributed by atoms with Crippen molar-refractivity contribution in [2.24, 2.45) is 0 Å². The molecule has 17 heavy (non-hydrogen) atoms. The predicted molar refractivity (Wildman–Crippen MR) is 68.4 cm³/mol. The van der Waals surface area contributed by atoms with Gasteiger partial charge in [0.1, 0.15) is 4.90 Å². The number of benzene rings is 1. The van der Waals surface area contributed by atoms with E-state index in [-0.39, 0.29) is 33.0 Å². The molecule has 0 unspecified atom stereocenters. The lowest BCUT2D eigenvalue weighted by Gasteiger charge is -2.10.